The Morgan fingerprint density at radius 1 is 1.20 bits per heavy atom. The second kappa shape index (κ2) is 11.2. The van der Waals surface area contributed by atoms with E-state index in [4.69, 9.17) is 15.2 Å². The van der Waals surface area contributed by atoms with Crippen molar-refractivity contribution in [1.82, 2.24) is 15.6 Å². The van der Waals surface area contributed by atoms with E-state index in [1.807, 2.05) is 55.5 Å². The minimum absolute atomic E-state index is 0.169. The van der Waals surface area contributed by atoms with Crippen molar-refractivity contribution in [1.29, 1.82) is 0 Å². The van der Waals surface area contributed by atoms with Gasteiger partial charge in [0.25, 0.3) is 5.91 Å². The zero-order valence-corrected chi connectivity index (χ0v) is 17.9. The molecule has 0 unspecified atom stereocenters. The number of benzene rings is 2. The first-order valence-corrected chi connectivity index (χ1v) is 10.9. The van der Waals surface area contributed by atoms with E-state index in [9.17, 15) is 4.79 Å². The third-order valence-corrected chi connectivity index (χ3v) is 5.54. The van der Waals surface area contributed by atoms with Gasteiger partial charge in [-0.05, 0) is 36.2 Å². The molecule has 8 nitrogen and oxygen atoms in total. The van der Waals surface area contributed by atoms with Gasteiger partial charge in [0, 0.05) is 0 Å². The van der Waals surface area contributed by atoms with Crippen LogP contribution in [-0.4, -0.2) is 34.7 Å². The van der Waals surface area contributed by atoms with Gasteiger partial charge >= 0.3 is 0 Å². The van der Waals surface area contributed by atoms with Crippen molar-refractivity contribution in [3.05, 3.63) is 59.7 Å². The van der Waals surface area contributed by atoms with Crippen LogP contribution in [0.3, 0.4) is 0 Å². The number of carbonyl (C=O) groups excluding carboxylic acids is 1. The second-order valence-electron chi connectivity index (χ2n) is 5.90. The lowest BCUT2D eigenvalue weighted by Crippen LogP contribution is -2.19. The van der Waals surface area contributed by atoms with Gasteiger partial charge in [0.15, 0.2) is 15.8 Å². The van der Waals surface area contributed by atoms with E-state index in [0.29, 0.717) is 34.2 Å². The number of nitrogens with zero attached hydrogens (tertiary/aromatic N) is 3. The Morgan fingerprint density at radius 3 is 2.77 bits per heavy atom. The maximum Gasteiger partial charge on any atom is 0.250 e. The molecule has 2 aromatic carbocycles. The van der Waals surface area contributed by atoms with Gasteiger partial charge in [-0.15, -0.1) is 10.2 Å². The van der Waals surface area contributed by atoms with E-state index in [1.54, 1.807) is 6.21 Å². The van der Waals surface area contributed by atoms with E-state index in [1.165, 1.54) is 23.1 Å². The zero-order valence-electron chi connectivity index (χ0n) is 16.3. The topological polar surface area (TPSA) is 112 Å². The van der Waals surface area contributed by atoms with Crippen molar-refractivity contribution in [2.45, 2.75) is 17.9 Å². The molecule has 1 heterocycles. The predicted octanol–water partition coefficient (Wildman–Crippen LogP) is 3.34. The molecular formula is C20H21N5O3S2. The Bertz CT molecular complexity index is 995. The van der Waals surface area contributed by atoms with Gasteiger partial charge in [-0.3, -0.25) is 4.79 Å². The standard InChI is InChI=1S/C20H21N5O3S2/c1-2-27-17-10-15(8-9-16(17)28-12-14-6-4-3-5-7-14)11-22-23-18(26)13-29-20-25-24-19(21)30-20/h3-11H,2,12-13H2,1H3,(H2,21,24)(H,23,26). The van der Waals surface area contributed by atoms with Crippen molar-refractivity contribution < 1.29 is 14.3 Å². The summed E-state index contributed by atoms with van der Waals surface area (Å²) in [6, 6.07) is 15.4. The van der Waals surface area contributed by atoms with Crippen LogP contribution in [0.15, 0.2) is 58.0 Å². The number of nitrogens with two attached hydrogens (primary N) is 1. The monoisotopic (exact) mass is 443 g/mol. The van der Waals surface area contributed by atoms with Crippen LogP contribution in [0.5, 0.6) is 11.5 Å². The SMILES string of the molecule is CCOc1cc(C=NNC(=O)CSc2nnc(N)s2)ccc1OCc1ccccc1. The molecule has 1 aromatic heterocycles. The number of rotatable bonds is 10. The summed E-state index contributed by atoms with van der Waals surface area (Å²) in [5.74, 6) is 1.18. The molecule has 0 saturated heterocycles. The molecule has 3 rings (SSSR count). The molecule has 3 N–H and O–H groups in total. The molecule has 0 spiro atoms. The minimum Gasteiger partial charge on any atom is -0.490 e. The highest BCUT2D eigenvalue weighted by Gasteiger charge is 2.08. The molecular weight excluding hydrogens is 422 g/mol. The largest absolute Gasteiger partial charge is 0.490 e. The molecule has 0 aliphatic carbocycles. The average molecular weight is 444 g/mol. The number of hydrogen-bond acceptors (Lipinski definition) is 9. The number of aromatic nitrogens is 2. The fourth-order valence-electron chi connectivity index (χ4n) is 2.34. The number of amides is 1. The summed E-state index contributed by atoms with van der Waals surface area (Å²) in [5.41, 5.74) is 9.84. The lowest BCUT2D eigenvalue weighted by Gasteiger charge is -2.12. The third kappa shape index (κ3) is 6.75. The van der Waals surface area contributed by atoms with Crippen LogP contribution in [0.4, 0.5) is 5.13 Å². The minimum atomic E-state index is -0.252. The van der Waals surface area contributed by atoms with Crippen LogP contribution < -0.4 is 20.6 Å². The number of hydrazone groups is 1. The Hall–Kier alpha value is -3.11. The van der Waals surface area contributed by atoms with E-state index in [0.717, 1.165) is 11.1 Å². The number of hydrogen-bond donors (Lipinski definition) is 2. The molecule has 30 heavy (non-hydrogen) atoms. The number of carbonyl (C=O) groups is 1. The normalized spacial score (nSPS) is 10.8. The Kier molecular flexibility index (Phi) is 8.04. The van der Waals surface area contributed by atoms with Gasteiger partial charge in [0.2, 0.25) is 5.13 Å². The van der Waals surface area contributed by atoms with Crippen molar-refractivity contribution >= 4 is 40.4 Å². The van der Waals surface area contributed by atoms with Crippen molar-refractivity contribution in [3.63, 3.8) is 0 Å². The maximum absolute atomic E-state index is 11.9. The highest BCUT2D eigenvalue weighted by Crippen LogP contribution is 2.29. The van der Waals surface area contributed by atoms with E-state index >= 15 is 0 Å². The molecule has 0 atom stereocenters. The Morgan fingerprint density at radius 2 is 2.03 bits per heavy atom. The average Bonchev–Trinajstić information content (AvgIpc) is 3.18. The van der Waals surface area contributed by atoms with E-state index in [2.05, 4.69) is 20.7 Å². The van der Waals surface area contributed by atoms with Gasteiger partial charge in [0.05, 0.1) is 18.6 Å². The molecule has 0 fully saturated rings. The summed E-state index contributed by atoms with van der Waals surface area (Å²) in [7, 11) is 0. The highest BCUT2D eigenvalue weighted by atomic mass is 32.2. The van der Waals surface area contributed by atoms with Gasteiger partial charge in [0.1, 0.15) is 6.61 Å². The van der Waals surface area contributed by atoms with Crippen molar-refractivity contribution in [3.8, 4) is 11.5 Å². The first-order valence-electron chi connectivity index (χ1n) is 9.11. The van der Waals surface area contributed by atoms with Crippen LogP contribution in [-0.2, 0) is 11.4 Å². The number of ether oxygens (including phenoxy) is 2. The summed E-state index contributed by atoms with van der Waals surface area (Å²) in [6.45, 7) is 2.86. The van der Waals surface area contributed by atoms with Crippen molar-refractivity contribution in [2.24, 2.45) is 5.10 Å². The summed E-state index contributed by atoms with van der Waals surface area (Å²) >= 11 is 2.49. The number of nitrogen functional groups attached to an aromatic ring is 1. The lowest BCUT2D eigenvalue weighted by molar-refractivity contribution is -0.118. The molecule has 0 radical (unpaired) electrons. The zero-order chi connectivity index (χ0) is 21.2. The van der Waals surface area contributed by atoms with Gasteiger partial charge in [-0.1, -0.05) is 53.4 Å². The van der Waals surface area contributed by atoms with Crippen LogP contribution >= 0.6 is 23.1 Å². The molecule has 0 saturated carbocycles. The van der Waals surface area contributed by atoms with Crippen LogP contribution in [0.25, 0.3) is 0 Å². The third-order valence-electron chi connectivity index (χ3n) is 3.66. The molecule has 10 heteroatoms. The molecule has 0 aliphatic rings. The van der Waals surface area contributed by atoms with Crippen LogP contribution in [0.2, 0.25) is 0 Å². The summed E-state index contributed by atoms with van der Waals surface area (Å²) < 4.78 is 12.2. The highest BCUT2D eigenvalue weighted by molar-refractivity contribution is 8.01. The summed E-state index contributed by atoms with van der Waals surface area (Å²) in [4.78, 5) is 11.9. The fraction of sp³-hybridized carbons (Fsp3) is 0.200. The van der Waals surface area contributed by atoms with Gasteiger partial charge < -0.3 is 15.2 Å². The van der Waals surface area contributed by atoms with Crippen LogP contribution in [0.1, 0.15) is 18.1 Å². The fourth-order valence-corrected chi connectivity index (χ4v) is 3.77. The molecule has 0 aliphatic heterocycles. The maximum atomic E-state index is 11.9. The van der Waals surface area contributed by atoms with Gasteiger partial charge in [-0.2, -0.15) is 5.10 Å². The van der Waals surface area contributed by atoms with E-state index in [-0.39, 0.29) is 11.7 Å². The first-order chi connectivity index (χ1) is 14.6. The summed E-state index contributed by atoms with van der Waals surface area (Å²) in [6.07, 6.45) is 1.55. The van der Waals surface area contributed by atoms with Crippen LogP contribution in [0, 0.1) is 0 Å². The smallest absolute Gasteiger partial charge is 0.250 e. The molecule has 0 bridgehead atoms. The quantitative estimate of drug-likeness (QED) is 0.281. The predicted molar refractivity (Wildman–Crippen MR) is 119 cm³/mol. The molecule has 156 valence electrons. The summed E-state index contributed by atoms with van der Waals surface area (Å²) in [5, 5.41) is 11.9. The molecule has 1 amide bonds. The second-order valence-corrected chi connectivity index (χ2v) is 8.13. The first kappa shape index (κ1) is 21.6. The lowest BCUT2D eigenvalue weighted by atomic mass is 10.2. The number of nitrogens with one attached hydrogen (secondary N) is 1. The Balaban J connectivity index is 1.54. The number of thioether (sulfide) groups is 1. The van der Waals surface area contributed by atoms with E-state index < -0.39 is 0 Å². The number of anilines is 1. The van der Waals surface area contributed by atoms with Crippen molar-refractivity contribution in [2.75, 3.05) is 18.1 Å². The Labute approximate surface area is 182 Å². The molecule has 3 aromatic rings. The van der Waals surface area contributed by atoms with Gasteiger partial charge in [-0.25, -0.2) is 5.43 Å².